The number of carbonyl (C=O) groups excluding carboxylic acids is 1. The summed E-state index contributed by atoms with van der Waals surface area (Å²) in [5, 5.41) is 10.8. The van der Waals surface area contributed by atoms with Crippen molar-refractivity contribution in [2.75, 3.05) is 6.61 Å². The van der Waals surface area contributed by atoms with E-state index >= 15 is 0 Å². The van der Waals surface area contributed by atoms with Crippen LogP contribution in [0.25, 0.3) is 0 Å². The van der Waals surface area contributed by atoms with Crippen molar-refractivity contribution in [3.8, 4) is 0 Å². The van der Waals surface area contributed by atoms with Crippen LogP contribution in [0.3, 0.4) is 0 Å². The summed E-state index contributed by atoms with van der Waals surface area (Å²) in [4.78, 5) is 12.0. The molecule has 4 fully saturated rings. The van der Waals surface area contributed by atoms with E-state index in [9.17, 15) is 9.90 Å². The molecule has 2 aliphatic heterocycles. The topological polar surface area (TPSA) is 65.0 Å². The second-order valence-corrected chi connectivity index (χ2v) is 9.01. The molecule has 0 aromatic rings. The van der Waals surface area contributed by atoms with Gasteiger partial charge in [0, 0.05) is 17.8 Å². The third kappa shape index (κ3) is 1.58. The molecule has 0 radical (unpaired) electrons. The van der Waals surface area contributed by atoms with Crippen LogP contribution in [0.4, 0.5) is 0 Å². The van der Waals surface area contributed by atoms with E-state index in [2.05, 4.69) is 6.92 Å². The van der Waals surface area contributed by atoms with Gasteiger partial charge in [0.25, 0.3) is 0 Å². The molecule has 0 aromatic heterocycles. The normalized spacial score (nSPS) is 54.8. The predicted octanol–water partition coefficient (Wildman–Crippen LogP) is 2.12. The number of hydrogen-bond acceptors (Lipinski definition) is 5. The highest BCUT2D eigenvalue weighted by molar-refractivity contribution is 5.92. The quantitative estimate of drug-likeness (QED) is 0.735. The van der Waals surface area contributed by atoms with Crippen molar-refractivity contribution in [3.05, 3.63) is 11.6 Å². The van der Waals surface area contributed by atoms with Gasteiger partial charge in [0.15, 0.2) is 11.6 Å². The standard InChI is InChI=1S/C19H26O5/c1-16(2)22-10-18-14-9-13(21)12-8-11(20)4-7-19(12,24-18)17(14,3)6-5-15(18)23-16/h8,13-15,21H,4-7,9-10H2,1-3H3/t13-,14+,15+,17+,18+,19+/m1/s1. The Morgan fingerprint density at radius 1 is 1.25 bits per heavy atom. The molecule has 2 spiro atoms. The van der Waals surface area contributed by atoms with E-state index in [0.717, 1.165) is 18.4 Å². The van der Waals surface area contributed by atoms with Crippen LogP contribution in [-0.4, -0.2) is 46.7 Å². The minimum Gasteiger partial charge on any atom is -0.389 e. The summed E-state index contributed by atoms with van der Waals surface area (Å²) in [5.41, 5.74) is -0.297. The van der Waals surface area contributed by atoms with Crippen LogP contribution in [0.2, 0.25) is 0 Å². The minimum absolute atomic E-state index is 0.0112. The van der Waals surface area contributed by atoms with Gasteiger partial charge < -0.3 is 19.3 Å². The second kappa shape index (κ2) is 4.32. The lowest BCUT2D eigenvalue weighted by atomic mass is 9.48. The summed E-state index contributed by atoms with van der Waals surface area (Å²) >= 11 is 0. The molecule has 24 heavy (non-hydrogen) atoms. The molecule has 3 aliphatic carbocycles. The zero-order valence-electron chi connectivity index (χ0n) is 14.6. The molecule has 4 bridgehead atoms. The van der Waals surface area contributed by atoms with Crippen LogP contribution in [-0.2, 0) is 19.0 Å². The summed E-state index contributed by atoms with van der Waals surface area (Å²) in [7, 11) is 0. The van der Waals surface area contributed by atoms with Gasteiger partial charge in [-0.1, -0.05) is 6.92 Å². The Bertz CT molecular complexity index is 654. The third-order valence-electron chi connectivity index (χ3n) is 7.51. The summed E-state index contributed by atoms with van der Waals surface area (Å²) in [6, 6.07) is 0. The monoisotopic (exact) mass is 334 g/mol. The number of ketones is 1. The zero-order chi connectivity index (χ0) is 17.0. The smallest absolute Gasteiger partial charge is 0.163 e. The van der Waals surface area contributed by atoms with Crippen LogP contribution < -0.4 is 0 Å². The second-order valence-electron chi connectivity index (χ2n) is 9.01. The molecule has 132 valence electrons. The molecule has 5 heteroatoms. The Hall–Kier alpha value is -0.750. The first-order valence-corrected chi connectivity index (χ1v) is 9.17. The predicted molar refractivity (Wildman–Crippen MR) is 85.2 cm³/mol. The van der Waals surface area contributed by atoms with Gasteiger partial charge in [-0.15, -0.1) is 0 Å². The molecular weight excluding hydrogens is 308 g/mol. The third-order valence-corrected chi connectivity index (χ3v) is 7.51. The first-order valence-electron chi connectivity index (χ1n) is 9.17. The number of hydrogen-bond donors (Lipinski definition) is 1. The lowest BCUT2D eigenvalue weighted by molar-refractivity contribution is -0.350. The number of rotatable bonds is 0. The fourth-order valence-electron chi connectivity index (χ4n) is 6.43. The van der Waals surface area contributed by atoms with Gasteiger partial charge in [0.05, 0.1) is 24.4 Å². The highest BCUT2D eigenvalue weighted by Crippen LogP contribution is 2.72. The Kier molecular flexibility index (Phi) is 2.79. The van der Waals surface area contributed by atoms with E-state index in [1.54, 1.807) is 6.08 Å². The number of carbonyl (C=O) groups is 1. The van der Waals surface area contributed by atoms with Crippen LogP contribution in [0.1, 0.15) is 52.9 Å². The molecule has 2 heterocycles. The fourth-order valence-corrected chi connectivity index (χ4v) is 6.43. The molecular formula is C19H26O5. The van der Waals surface area contributed by atoms with E-state index in [-0.39, 0.29) is 23.2 Å². The maximum absolute atomic E-state index is 12.0. The molecule has 1 N–H and O–H groups in total. The molecule has 2 saturated heterocycles. The van der Waals surface area contributed by atoms with E-state index in [4.69, 9.17) is 14.2 Å². The molecule has 2 saturated carbocycles. The molecule has 5 rings (SSSR count). The summed E-state index contributed by atoms with van der Waals surface area (Å²) in [6.45, 7) is 6.69. The minimum atomic E-state index is -0.597. The Labute approximate surface area is 142 Å². The molecule has 0 unspecified atom stereocenters. The number of allylic oxidation sites excluding steroid dienone is 1. The van der Waals surface area contributed by atoms with Crippen molar-refractivity contribution in [2.24, 2.45) is 11.3 Å². The summed E-state index contributed by atoms with van der Waals surface area (Å²) in [5.74, 6) is -0.297. The van der Waals surface area contributed by atoms with E-state index in [0.29, 0.717) is 25.9 Å². The highest BCUT2D eigenvalue weighted by Gasteiger charge is 2.78. The van der Waals surface area contributed by atoms with Gasteiger partial charge in [0.2, 0.25) is 0 Å². The van der Waals surface area contributed by atoms with Crippen LogP contribution in [0.5, 0.6) is 0 Å². The lowest BCUT2D eigenvalue weighted by Gasteiger charge is -2.56. The van der Waals surface area contributed by atoms with Gasteiger partial charge in [-0.2, -0.15) is 0 Å². The zero-order valence-corrected chi connectivity index (χ0v) is 14.6. The van der Waals surface area contributed by atoms with Gasteiger partial charge in [0.1, 0.15) is 5.60 Å². The van der Waals surface area contributed by atoms with E-state index in [1.807, 2.05) is 13.8 Å². The number of aliphatic hydroxyl groups is 1. The lowest BCUT2D eigenvalue weighted by Crippen LogP contribution is -2.64. The largest absolute Gasteiger partial charge is 0.389 e. The number of aliphatic hydroxyl groups excluding tert-OH is 1. The van der Waals surface area contributed by atoms with Crippen LogP contribution >= 0.6 is 0 Å². The molecule has 6 atom stereocenters. The Balaban J connectivity index is 1.67. The maximum Gasteiger partial charge on any atom is 0.163 e. The van der Waals surface area contributed by atoms with Crippen molar-refractivity contribution in [2.45, 2.75) is 82.1 Å². The Morgan fingerprint density at radius 3 is 2.83 bits per heavy atom. The highest BCUT2D eigenvalue weighted by atomic mass is 16.7. The fraction of sp³-hybridized carbons (Fsp3) is 0.842. The van der Waals surface area contributed by atoms with Crippen molar-refractivity contribution >= 4 is 5.78 Å². The summed E-state index contributed by atoms with van der Waals surface area (Å²) in [6.07, 6.45) is 4.78. The average molecular weight is 334 g/mol. The van der Waals surface area contributed by atoms with Crippen molar-refractivity contribution in [1.29, 1.82) is 0 Å². The van der Waals surface area contributed by atoms with E-state index < -0.39 is 23.1 Å². The first-order chi connectivity index (χ1) is 11.2. The molecule has 0 aromatic carbocycles. The van der Waals surface area contributed by atoms with Gasteiger partial charge in [-0.05, 0) is 51.2 Å². The first kappa shape index (κ1) is 15.5. The van der Waals surface area contributed by atoms with Crippen molar-refractivity contribution < 1.29 is 24.1 Å². The van der Waals surface area contributed by atoms with Crippen molar-refractivity contribution in [3.63, 3.8) is 0 Å². The molecule has 0 amide bonds. The molecule has 5 nitrogen and oxygen atoms in total. The SMILES string of the molecule is CC1(C)OC[C@]23O[C@@]45CCC(=O)C=C4[C@H](O)C[C@H]2[C@]5(C)CC[C@@H]3O1. The van der Waals surface area contributed by atoms with Gasteiger partial charge in [-0.25, -0.2) is 0 Å². The Morgan fingerprint density at radius 2 is 2.04 bits per heavy atom. The molecule has 5 aliphatic rings. The van der Waals surface area contributed by atoms with Crippen LogP contribution in [0.15, 0.2) is 11.6 Å². The van der Waals surface area contributed by atoms with Crippen molar-refractivity contribution in [1.82, 2.24) is 0 Å². The van der Waals surface area contributed by atoms with Crippen LogP contribution in [0, 0.1) is 11.3 Å². The number of ether oxygens (including phenoxy) is 3. The van der Waals surface area contributed by atoms with Gasteiger partial charge in [-0.3, -0.25) is 4.79 Å². The maximum atomic E-state index is 12.0. The average Bonchev–Trinajstić information content (AvgIpc) is 2.61. The van der Waals surface area contributed by atoms with E-state index in [1.165, 1.54) is 0 Å². The summed E-state index contributed by atoms with van der Waals surface area (Å²) < 4.78 is 19.2. The van der Waals surface area contributed by atoms with Gasteiger partial charge >= 0.3 is 0 Å².